The van der Waals surface area contributed by atoms with Gasteiger partial charge in [0.25, 0.3) is 0 Å². The predicted molar refractivity (Wildman–Crippen MR) is 116 cm³/mol. The Morgan fingerprint density at radius 2 is 1.48 bits per heavy atom. The molecule has 0 bridgehead atoms. The largest absolute Gasteiger partial charge is 0.505 e. The highest BCUT2D eigenvalue weighted by Gasteiger charge is 2.23. The smallest absolute Gasteiger partial charge is 0.149 e. The van der Waals surface area contributed by atoms with Crippen LogP contribution in [0.25, 0.3) is 22.2 Å². The topological polar surface area (TPSA) is 65.4 Å². The third-order valence-electron chi connectivity index (χ3n) is 5.20. The zero-order chi connectivity index (χ0) is 20.2. The summed E-state index contributed by atoms with van der Waals surface area (Å²) in [6, 6.07) is 27.1. The number of aromatic hydroxyl groups is 1. The first-order valence-electron chi connectivity index (χ1n) is 9.85. The molecule has 146 valence electrons. The van der Waals surface area contributed by atoms with Crippen molar-refractivity contribution in [2.24, 2.45) is 0 Å². The molecule has 0 radical (unpaired) electrons. The van der Waals surface area contributed by atoms with E-state index in [1.54, 1.807) is 0 Å². The summed E-state index contributed by atoms with van der Waals surface area (Å²) in [5.41, 5.74) is 3.54. The summed E-state index contributed by atoms with van der Waals surface area (Å²) in [6.45, 7) is 2.07. The van der Waals surface area contributed by atoms with Gasteiger partial charge >= 0.3 is 0 Å². The van der Waals surface area contributed by atoms with Gasteiger partial charge in [-0.15, -0.1) is 0 Å². The van der Waals surface area contributed by atoms with Gasteiger partial charge < -0.3 is 10.2 Å². The Hall–Kier alpha value is -3.21. The lowest BCUT2D eigenvalue weighted by atomic mass is 9.99. The molecular formula is C25H24N2O2. The summed E-state index contributed by atoms with van der Waals surface area (Å²) in [4.78, 5) is 4.66. The first-order valence-corrected chi connectivity index (χ1v) is 9.85. The van der Waals surface area contributed by atoms with E-state index in [2.05, 4.69) is 17.2 Å². The fourth-order valence-electron chi connectivity index (χ4n) is 3.71. The van der Waals surface area contributed by atoms with Crippen molar-refractivity contribution >= 4 is 10.9 Å². The van der Waals surface area contributed by atoms with Crippen LogP contribution in [0, 0.1) is 0 Å². The number of aliphatic hydroxyl groups excluding tert-OH is 1. The van der Waals surface area contributed by atoms with Gasteiger partial charge in [0.05, 0.1) is 5.52 Å². The zero-order valence-electron chi connectivity index (χ0n) is 16.3. The molecule has 4 rings (SSSR count). The Morgan fingerprint density at radius 3 is 2.17 bits per heavy atom. The van der Waals surface area contributed by atoms with Crippen LogP contribution in [0.3, 0.4) is 0 Å². The monoisotopic (exact) mass is 384 g/mol. The summed E-state index contributed by atoms with van der Waals surface area (Å²) < 4.78 is 0. The van der Waals surface area contributed by atoms with E-state index in [1.807, 2.05) is 84.9 Å². The third-order valence-corrected chi connectivity index (χ3v) is 5.20. The zero-order valence-corrected chi connectivity index (χ0v) is 16.3. The van der Waals surface area contributed by atoms with Crippen LogP contribution in [-0.4, -0.2) is 15.2 Å². The Bertz CT molecular complexity index is 1100. The molecule has 4 heteroatoms. The molecule has 0 aliphatic rings. The number of nitrogens with zero attached hydrogens (tertiary/aromatic N) is 1. The number of hydrogen-bond donors (Lipinski definition) is 3. The number of fused-ring (bicyclic) bond motifs is 1. The second kappa shape index (κ2) is 8.43. The molecule has 0 saturated heterocycles. The lowest BCUT2D eigenvalue weighted by molar-refractivity contribution is 0.120. The molecule has 0 fully saturated rings. The number of rotatable bonds is 6. The Kier molecular flexibility index (Phi) is 5.56. The number of nitrogens with one attached hydrogen (secondary N) is 1. The number of benzene rings is 3. The second-order valence-electron chi connectivity index (χ2n) is 7.05. The number of pyridine rings is 1. The molecule has 0 aliphatic carbocycles. The summed E-state index contributed by atoms with van der Waals surface area (Å²) in [5, 5.41) is 26.2. The molecule has 1 heterocycles. The molecular weight excluding hydrogens is 360 g/mol. The quantitative estimate of drug-likeness (QED) is 0.393. The van der Waals surface area contributed by atoms with E-state index in [4.69, 9.17) is 0 Å². The van der Waals surface area contributed by atoms with Crippen molar-refractivity contribution in [2.45, 2.75) is 25.6 Å². The first kappa shape index (κ1) is 19.1. The maximum absolute atomic E-state index is 11.1. The summed E-state index contributed by atoms with van der Waals surface area (Å²) >= 11 is 0. The minimum Gasteiger partial charge on any atom is -0.505 e. The van der Waals surface area contributed by atoms with Gasteiger partial charge in [-0.3, -0.25) is 5.32 Å². The van der Waals surface area contributed by atoms with E-state index in [-0.39, 0.29) is 11.8 Å². The van der Waals surface area contributed by atoms with Crippen LogP contribution in [-0.2, 0) is 0 Å². The van der Waals surface area contributed by atoms with Crippen LogP contribution in [0.15, 0.2) is 84.9 Å². The van der Waals surface area contributed by atoms with Gasteiger partial charge in [-0.05, 0) is 18.1 Å². The Labute approximate surface area is 170 Å². The molecule has 0 saturated carbocycles. The van der Waals surface area contributed by atoms with E-state index >= 15 is 0 Å². The average Bonchev–Trinajstić information content (AvgIpc) is 2.78. The van der Waals surface area contributed by atoms with Crippen LogP contribution in [0.2, 0.25) is 0 Å². The van der Waals surface area contributed by atoms with Gasteiger partial charge in [0.15, 0.2) is 0 Å². The SMILES string of the molecule is CCC(NC(O)c1c(O)c(-c2ccccc2)nc2ccccc12)c1ccccc1. The van der Waals surface area contributed by atoms with Crippen LogP contribution >= 0.6 is 0 Å². The molecule has 0 aliphatic heterocycles. The van der Waals surface area contributed by atoms with Gasteiger partial charge in [-0.1, -0.05) is 85.8 Å². The van der Waals surface area contributed by atoms with Crippen molar-refractivity contribution in [1.29, 1.82) is 0 Å². The maximum Gasteiger partial charge on any atom is 0.149 e. The Balaban J connectivity index is 1.80. The molecule has 3 aromatic carbocycles. The van der Waals surface area contributed by atoms with Crippen LogP contribution in [0.5, 0.6) is 5.75 Å². The van der Waals surface area contributed by atoms with Crippen molar-refractivity contribution in [2.75, 3.05) is 0 Å². The van der Waals surface area contributed by atoms with Crippen molar-refractivity contribution < 1.29 is 10.2 Å². The van der Waals surface area contributed by atoms with Crippen molar-refractivity contribution in [3.8, 4) is 17.0 Å². The number of aromatic nitrogens is 1. The summed E-state index contributed by atoms with van der Waals surface area (Å²) in [5.74, 6) is -0.00202. The molecule has 4 aromatic rings. The van der Waals surface area contributed by atoms with E-state index in [9.17, 15) is 10.2 Å². The van der Waals surface area contributed by atoms with Gasteiger partial charge in [-0.25, -0.2) is 4.98 Å². The lowest BCUT2D eigenvalue weighted by Crippen LogP contribution is -2.26. The van der Waals surface area contributed by atoms with Gasteiger partial charge in [0.1, 0.15) is 17.7 Å². The molecule has 4 nitrogen and oxygen atoms in total. The fourth-order valence-corrected chi connectivity index (χ4v) is 3.71. The van der Waals surface area contributed by atoms with E-state index in [0.29, 0.717) is 11.3 Å². The standard InChI is InChI=1S/C25H24N2O2/c1-2-20(17-11-5-3-6-12-17)27-25(29)22-19-15-9-10-16-21(19)26-23(24(22)28)18-13-7-4-8-14-18/h3-16,20,25,27-29H,2H2,1H3. The molecule has 0 amide bonds. The third kappa shape index (κ3) is 3.86. The molecule has 1 aromatic heterocycles. The average molecular weight is 384 g/mol. The molecule has 0 spiro atoms. The van der Waals surface area contributed by atoms with Crippen LogP contribution in [0.4, 0.5) is 0 Å². The highest BCUT2D eigenvalue weighted by Crippen LogP contribution is 2.38. The lowest BCUT2D eigenvalue weighted by Gasteiger charge is -2.24. The fraction of sp³-hybridized carbons (Fsp3) is 0.160. The predicted octanol–water partition coefficient (Wildman–Crippen LogP) is 5.34. The van der Waals surface area contributed by atoms with Crippen molar-refractivity contribution in [3.63, 3.8) is 0 Å². The Morgan fingerprint density at radius 1 is 0.862 bits per heavy atom. The normalized spacial score (nSPS) is 13.3. The molecule has 2 atom stereocenters. The number of para-hydroxylation sites is 1. The van der Waals surface area contributed by atoms with Crippen molar-refractivity contribution in [1.82, 2.24) is 10.3 Å². The highest BCUT2D eigenvalue weighted by molar-refractivity contribution is 5.89. The minimum absolute atomic E-state index is 0.00202. The van der Waals surface area contributed by atoms with Gasteiger partial charge in [-0.2, -0.15) is 0 Å². The second-order valence-corrected chi connectivity index (χ2v) is 7.05. The van der Waals surface area contributed by atoms with Crippen LogP contribution in [0.1, 0.15) is 36.7 Å². The van der Waals surface area contributed by atoms with Crippen LogP contribution < -0.4 is 5.32 Å². The van der Waals surface area contributed by atoms with E-state index in [0.717, 1.165) is 28.5 Å². The molecule has 29 heavy (non-hydrogen) atoms. The molecule has 2 unspecified atom stereocenters. The van der Waals surface area contributed by atoms with Gasteiger partial charge in [0, 0.05) is 22.6 Å². The van der Waals surface area contributed by atoms with Gasteiger partial charge in [0.2, 0.25) is 0 Å². The first-order chi connectivity index (χ1) is 14.2. The summed E-state index contributed by atoms with van der Waals surface area (Å²) in [6.07, 6.45) is -0.244. The summed E-state index contributed by atoms with van der Waals surface area (Å²) in [7, 11) is 0. The van der Waals surface area contributed by atoms with E-state index < -0.39 is 6.23 Å². The minimum atomic E-state index is -1.05. The van der Waals surface area contributed by atoms with E-state index in [1.165, 1.54) is 0 Å². The maximum atomic E-state index is 11.1. The molecule has 3 N–H and O–H groups in total. The van der Waals surface area contributed by atoms with Crippen molar-refractivity contribution in [3.05, 3.63) is 96.1 Å². The number of hydrogen-bond acceptors (Lipinski definition) is 4. The highest BCUT2D eigenvalue weighted by atomic mass is 16.3. The number of aliphatic hydroxyl groups is 1.